The molecule has 5 rings (SSSR count). The fourth-order valence-corrected chi connectivity index (χ4v) is 5.12. The Bertz CT molecular complexity index is 1500. The van der Waals surface area contributed by atoms with Gasteiger partial charge < -0.3 is 15.5 Å². The molecule has 8 nitrogen and oxygen atoms in total. The number of carbonyl (C=O) groups excluding carboxylic acids is 1. The van der Waals surface area contributed by atoms with Gasteiger partial charge in [-0.15, -0.1) is 0 Å². The van der Waals surface area contributed by atoms with Gasteiger partial charge in [0.15, 0.2) is 0 Å². The van der Waals surface area contributed by atoms with Gasteiger partial charge >= 0.3 is 0 Å². The summed E-state index contributed by atoms with van der Waals surface area (Å²) in [6.07, 6.45) is 4.33. The van der Waals surface area contributed by atoms with Crippen LogP contribution in [0.1, 0.15) is 28.0 Å². The van der Waals surface area contributed by atoms with Crippen molar-refractivity contribution in [2.45, 2.75) is 19.3 Å². The van der Waals surface area contributed by atoms with Gasteiger partial charge in [0.2, 0.25) is 5.95 Å². The van der Waals surface area contributed by atoms with Crippen molar-refractivity contribution < 1.29 is 4.79 Å². The van der Waals surface area contributed by atoms with Gasteiger partial charge in [-0.3, -0.25) is 9.48 Å². The van der Waals surface area contributed by atoms with Crippen LogP contribution in [-0.4, -0.2) is 57.7 Å². The van der Waals surface area contributed by atoms with Gasteiger partial charge in [-0.25, -0.2) is 9.97 Å². The van der Waals surface area contributed by atoms with Gasteiger partial charge in [-0.1, -0.05) is 41.4 Å². The maximum absolute atomic E-state index is 12.5. The molecule has 0 spiro atoms. The van der Waals surface area contributed by atoms with Crippen molar-refractivity contribution in [1.29, 1.82) is 0 Å². The number of hydrogen-bond donors (Lipinski definition) is 2. The van der Waals surface area contributed by atoms with E-state index in [0.717, 1.165) is 59.6 Å². The summed E-state index contributed by atoms with van der Waals surface area (Å²) in [5, 5.41) is 12.0. The monoisotopic (exact) mass is 549 g/mol. The van der Waals surface area contributed by atoms with Crippen molar-refractivity contribution in [2.75, 3.05) is 32.5 Å². The first kappa shape index (κ1) is 26.2. The summed E-state index contributed by atoms with van der Waals surface area (Å²) in [6.45, 7) is 1.51. The number of aryl methyl sites for hydroxylation is 3. The SMILES string of the molecule is CN(C)CCCNC(=O)c1ccc(Nc2ncc3c(n2)-c2c(nn(C)c2-c2ccccc2Cl)CC3)c(Cl)c1. The van der Waals surface area contributed by atoms with Crippen LogP contribution in [-0.2, 0) is 19.9 Å². The molecule has 0 bridgehead atoms. The molecule has 0 aliphatic heterocycles. The van der Waals surface area contributed by atoms with Crippen molar-refractivity contribution in [3.63, 3.8) is 0 Å². The Morgan fingerprint density at radius 1 is 1.11 bits per heavy atom. The molecule has 0 fully saturated rings. The van der Waals surface area contributed by atoms with Gasteiger partial charge in [0.1, 0.15) is 0 Å². The number of rotatable bonds is 8. The number of hydrogen-bond acceptors (Lipinski definition) is 6. The lowest BCUT2D eigenvalue weighted by atomic mass is 9.91. The van der Waals surface area contributed by atoms with E-state index in [1.807, 2.05) is 56.3 Å². The predicted octanol–water partition coefficient (Wildman–Crippen LogP) is 5.37. The molecule has 0 radical (unpaired) electrons. The summed E-state index contributed by atoms with van der Waals surface area (Å²) in [4.78, 5) is 24.0. The van der Waals surface area contributed by atoms with E-state index < -0.39 is 0 Å². The Balaban J connectivity index is 1.40. The molecule has 2 N–H and O–H groups in total. The Hall–Kier alpha value is -3.46. The van der Waals surface area contributed by atoms with Crippen LogP contribution in [0.25, 0.3) is 22.5 Å². The van der Waals surface area contributed by atoms with E-state index in [2.05, 4.69) is 20.5 Å². The average Bonchev–Trinajstić information content (AvgIpc) is 3.24. The zero-order valence-electron chi connectivity index (χ0n) is 21.6. The van der Waals surface area contributed by atoms with Crippen LogP contribution in [0.2, 0.25) is 10.0 Å². The second kappa shape index (κ2) is 11.1. The third-order valence-electron chi connectivity index (χ3n) is 6.53. The molecule has 0 atom stereocenters. The number of amides is 1. The second-order valence-corrected chi connectivity index (χ2v) is 10.4. The Labute approximate surface area is 232 Å². The van der Waals surface area contributed by atoms with Crippen molar-refractivity contribution in [3.05, 3.63) is 75.5 Å². The Kier molecular flexibility index (Phi) is 7.65. The highest BCUT2D eigenvalue weighted by atomic mass is 35.5. The van der Waals surface area contributed by atoms with E-state index in [9.17, 15) is 4.79 Å². The Morgan fingerprint density at radius 2 is 1.92 bits per heavy atom. The first-order valence-electron chi connectivity index (χ1n) is 12.5. The zero-order chi connectivity index (χ0) is 26.8. The van der Waals surface area contributed by atoms with Crippen molar-refractivity contribution in [3.8, 4) is 22.5 Å². The third-order valence-corrected chi connectivity index (χ3v) is 7.17. The maximum Gasteiger partial charge on any atom is 0.251 e. The van der Waals surface area contributed by atoms with Crippen molar-refractivity contribution in [1.82, 2.24) is 30.0 Å². The second-order valence-electron chi connectivity index (χ2n) is 9.57. The van der Waals surface area contributed by atoms with Crippen LogP contribution in [0.15, 0.2) is 48.7 Å². The molecule has 10 heteroatoms. The highest BCUT2D eigenvalue weighted by Crippen LogP contribution is 2.41. The number of fused-ring (bicyclic) bond motifs is 3. The van der Waals surface area contributed by atoms with Gasteiger partial charge in [0, 0.05) is 41.5 Å². The summed E-state index contributed by atoms with van der Waals surface area (Å²) in [5.41, 5.74) is 6.79. The van der Waals surface area contributed by atoms with E-state index in [0.29, 0.717) is 33.8 Å². The molecular formula is C28H29Cl2N7O. The summed E-state index contributed by atoms with van der Waals surface area (Å²) >= 11 is 13.1. The summed E-state index contributed by atoms with van der Waals surface area (Å²) in [7, 11) is 5.94. The molecule has 0 saturated carbocycles. The van der Waals surface area contributed by atoms with E-state index >= 15 is 0 Å². The van der Waals surface area contributed by atoms with Crippen LogP contribution in [0.4, 0.5) is 11.6 Å². The number of nitrogens with one attached hydrogen (secondary N) is 2. The maximum atomic E-state index is 12.5. The van der Waals surface area contributed by atoms with E-state index in [-0.39, 0.29) is 5.91 Å². The molecular weight excluding hydrogens is 521 g/mol. The van der Waals surface area contributed by atoms with E-state index in [4.69, 9.17) is 33.3 Å². The van der Waals surface area contributed by atoms with Gasteiger partial charge in [-0.05, 0) is 69.7 Å². The van der Waals surface area contributed by atoms with Crippen LogP contribution in [0.3, 0.4) is 0 Å². The lowest BCUT2D eigenvalue weighted by Crippen LogP contribution is -2.27. The number of benzene rings is 2. The standard InChI is InChI=1S/C28H29Cl2N7O/c1-36(2)14-6-13-31-27(38)17-9-11-22(21(30)15-17)33-28-32-16-18-10-12-23-24(25(18)34-28)26(37(3)35-23)19-7-4-5-8-20(19)29/h4-5,7-9,11,15-16H,6,10,12-14H2,1-3H3,(H,31,38)(H,32,33,34). The van der Waals surface area contributed by atoms with Crippen LogP contribution >= 0.6 is 23.2 Å². The molecule has 2 aromatic heterocycles. The molecule has 0 saturated heterocycles. The number of halogens is 2. The molecule has 38 heavy (non-hydrogen) atoms. The van der Waals surface area contributed by atoms with Crippen molar-refractivity contribution >= 4 is 40.7 Å². The number of anilines is 2. The number of nitrogens with zero attached hydrogens (tertiary/aromatic N) is 5. The van der Waals surface area contributed by atoms with Crippen LogP contribution in [0, 0.1) is 0 Å². The molecule has 4 aromatic rings. The predicted molar refractivity (Wildman–Crippen MR) is 152 cm³/mol. The van der Waals surface area contributed by atoms with E-state index in [1.54, 1.807) is 18.2 Å². The Morgan fingerprint density at radius 3 is 2.68 bits per heavy atom. The minimum Gasteiger partial charge on any atom is -0.352 e. The normalized spacial score (nSPS) is 12.3. The third kappa shape index (κ3) is 5.38. The lowest BCUT2D eigenvalue weighted by Gasteiger charge is -2.17. The van der Waals surface area contributed by atoms with Gasteiger partial charge in [-0.2, -0.15) is 5.10 Å². The highest BCUT2D eigenvalue weighted by molar-refractivity contribution is 6.34. The zero-order valence-corrected chi connectivity index (χ0v) is 23.1. The highest BCUT2D eigenvalue weighted by Gasteiger charge is 2.28. The number of carbonyl (C=O) groups is 1. The summed E-state index contributed by atoms with van der Waals surface area (Å²) < 4.78 is 1.87. The fourth-order valence-electron chi connectivity index (χ4n) is 4.66. The summed E-state index contributed by atoms with van der Waals surface area (Å²) in [6, 6.07) is 12.9. The summed E-state index contributed by atoms with van der Waals surface area (Å²) in [5.74, 6) is 0.256. The van der Waals surface area contributed by atoms with Gasteiger partial charge in [0.25, 0.3) is 5.91 Å². The molecule has 0 unspecified atom stereocenters. The first-order valence-corrected chi connectivity index (χ1v) is 13.2. The molecule has 1 aliphatic rings. The average molecular weight is 550 g/mol. The minimum absolute atomic E-state index is 0.154. The molecule has 2 aromatic carbocycles. The van der Waals surface area contributed by atoms with Crippen molar-refractivity contribution in [2.24, 2.45) is 7.05 Å². The van der Waals surface area contributed by atoms with Crippen LogP contribution in [0.5, 0.6) is 0 Å². The topological polar surface area (TPSA) is 88.0 Å². The quantitative estimate of drug-likeness (QED) is 0.287. The largest absolute Gasteiger partial charge is 0.352 e. The fraction of sp³-hybridized carbons (Fsp3) is 0.286. The lowest BCUT2D eigenvalue weighted by molar-refractivity contribution is 0.0952. The molecule has 2 heterocycles. The minimum atomic E-state index is -0.154. The molecule has 1 aliphatic carbocycles. The van der Waals surface area contributed by atoms with Crippen LogP contribution < -0.4 is 10.6 Å². The first-order chi connectivity index (χ1) is 18.3. The molecule has 1 amide bonds. The van der Waals surface area contributed by atoms with Gasteiger partial charge in [0.05, 0.1) is 27.8 Å². The number of aromatic nitrogens is 4. The smallest absolute Gasteiger partial charge is 0.251 e. The van der Waals surface area contributed by atoms with E-state index in [1.165, 1.54) is 0 Å². The molecule has 196 valence electrons.